The third-order valence-corrected chi connectivity index (χ3v) is 6.90. The van der Waals surface area contributed by atoms with Crippen molar-refractivity contribution in [2.75, 3.05) is 20.3 Å². The van der Waals surface area contributed by atoms with Gasteiger partial charge >= 0.3 is 12.0 Å². The lowest BCUT2D eigenvalue weighted by atomic mass is 9.95. The topological polar surface area (TPSA) is 137 Å². The summed E-state index contributed by atoms with van der Waals surface area (Å²) in [6.45, 7) is 2.92. The van der Waals surface area contributed by atoms with Crippen LogP contribution in [0, 0.1) is 5.82 Å². The number of ether oxygens (including phenoxy) is 4. The third-order valence-electron chi connectivity index (χ3n) is 6.40. The fourth-order valence-corrected chi connectivity index (χ4v) is 4.91. The van der Waals surface area contributed by atoms with E-state index in [0.717, 1.165) is 0 Å². The lowest BCUT2D eigenvalue weighted by Gasteiger charge is -2.28. The number of hydrogen-bond donors (Lipinski definition) is 3. The number of carbonyl (C=O) groups is 3. The van der Waals surface area contributed by atoms with E-state index in [0.29, 0.717) is 27.4 Å². The van der Waals surface area contributed by atoms with Gasteiger partial charge in [-0.15, -0.1) is 0 Å². The first-order chi connectivity index (χ1) is 21.6. The maximum atomic E-state index is 14.0. The predicted molar refractivity (Wildman–Crippen MR) is 165 cm³/mol. The van der Waals surface area contributed by atoms with Crippen molar-refractivity contribution in [3.8, 4) is 17.2 Å². The van der Waals surface area contributed by atoms with Crippen LogP contribution in [0.2, 0.25) is 10.0 Å². The quantitative estimate of drug-likeness (QED) is 0.134. The van der Waals surface area contributed by atoms with E-state index in [-0.39, 0.29) is 41.1 Å². The Morgan fingerprint density at radius 3 is 2.60 bits per heavy atom. The Kier molecular flexibility index (Phi) is 11.2. The number of esters is 1. The summed E-state index contributed by atoms with van der Waals surface area (Å²) in [4.78, 5) is 37.3. The molecule has 0 aromatic heterocycles. The molecule has 0 bridgehead atoms. The van der Waals surface area contributed by atoms with Gasteiger partial charge in [0.05, 0.1) is 36.6 Å². The number of carbonyl (C=O) groups excluding carboxylic acids is 3. The minimum Gasteiger partial charge on any atom is -0.493 e. The summed E-state index contributed by atoms with van der Waals surface area (Å²) in [7, 11) is 1.41. The van der Waals surface area contributed by atoms with Gasteiger partial charge in [0.25, 0.3) is 5.91 Å². The SMILES string of the molecule is CCOC(=O)C1=C(C)NC(=O)N[C@H]1c1ccc(OCC(=O)N/N=C/c2cc(Cl)cc(Cl)c2OCc2ccccc2F)c(OC)c1. The van der Waals surface area contributed by atoms with Gasteiger partial charge in [0, 0.05) is 21.8 Å². The molecule has 0 spiro atoms. The second kappa shape index (κ2) is 15.3. The summed E-state index contributed by atoms with van der Waals surface area (Å²) in [5.41, 5.74) is 4.15. The molecule has 45 heavy (non-hydrogen) atoms. The molecule has 3 aromatic carbocycles. The van der Waals surface area contributed by atoms with E-state index >= 15 is 0 Å². The molecule has 14 heteroatoms. The van der Waals surface area contributed by atoms with Crippen molar-refractivity contribution in [3.05, 3.63) is 98.4 Å². The second-order valence-electron chi connectivity index (χ2n) is 9.47. The van der Waals surface area contributed by atoms with Crippen molar-refractivity contribution >= 4 is 47.3 Å². The van der Waals surface area contributed by atoms with E-state index in [1.54, 1.807) is 50.2 Å². The van der Waals surface area contributed by atoms with E-state index in [4.69, 9.17) is 42.1 Å². The lowest BCUT2D eigenvalue weighted by molar-refractivity contribution is -0.139. The summed E-state index contributed by atoms with van der Waals surface area (Å²) in [5, 5.41) is 9.70. The molecule has 1 aliphatic heterocycles. The van der Waals surface area contributed by atoms with Crippen LogP contribution >= 0.6 is 23.2 Å². The molecule has 3 aromatic rings. The molecular formula is C31H29Cl2FN4O7. The average Bonchev–Trinajstić information content (AvgIpc) is 3.00. The molecule has 11 nitrogen and oxygen atoms in total. The normalized spacial score (nSPS) is 14.4. The van der Waals surface area contributed by atoms with Gasteiger partial charge in [0.1, 0.15) is 18.2 Å². The Balaban J connectivity index is 1.42. The van der Waals surface area contributed by atoms with E-state index in [9.17, 15) is 18.8 Å². The zero-order chi connectivity index (χ0) is 32.5. The largest absolute Gasteiger partial charge is 0.493 e. The van der Waals surface area contributed by atoms with Crippen molar-refractivity contribution in [3.63, 3.8) is 0 Å². The number of urea groups is 1. The summed E-state index contributed by atoms with van der Waals surface area (Å²) in [6, 6.07) is 12.6. The number of amides is 3. The summed E-state index contributed by atoms with van der Waals surface area (Å²) < 4.78 is 36.0. The molecule has 0 radical (unpaired) electrons. The molecule has 0 unspecified atom stereocenters. The number of hydrogen-bond acceptors (Lipinski definition) is 8. The molecule has 0 saturated heterocycles. The smallest absolute Gasteiger partial charge is 0.338 e. The number of rotatable bonds is 12. The van der Waals surface area contributed by atoms with Crippen LogP contribution in [0.1, 0.15) is 36.6 Å². The minimum absolute atomic E-state index is 0.0975. The first kappa shape index (κ1) is 33.1. The van der Waals surface area contributed by atoms with Crippen molar-refractivity contribution < 1.29 is 37.7 Å². The molecular weight excluding hydrogens is 630 g/mol. The molecule has 0 saturated carbocycles. The van der Waals surface area contributed by atoms with Gasteiger partial charge in [-0.1, -0.05) is 47.5 Å². The van der Waals surface area contributed by atoms with Crippen LogP contribution in [0.4, 0.5) is 9.18 Å². The molecule has 1 aliphatic rings. The molecule has 1 atom stereocenters. The summed E-state index contributed by atoms with van der Waals surface area (Å²) in [5.74, 6) is -0.930. The number of methoxy groups -OCH3 is 1. The first-order valence-corrected chi connectivity index (χ1v) is 14.3. The second-order valence-corrected chi connectivity index (χ2v) is 10.3. The number of nitrogens with one attached hydrogen (secondary N) is 3. The molecule has 236 valence electrons. The first-order valence-electron chi connectivity index (χ1n) is 13.5. The summed E-state index contributed by atoms with van der Waals surface area (Å²) >= 11 is 12.4. The highest BCUT2D eigenvalue weighted by Gasteiger charge is 2.32. The zero-order valence-corrected chi connectivity index (χ0v) is 25.9. The van der Waals surface area contributed by atoms with Crippen LogP contribution < -0.4 is 30.3 Å². The number of hydrazone groups is 1. The Morgan fingerprint density at radius 2 is 1.87 bits per heavy atom. The van der Waals surface area contributed by atoms with Crippen molar-refractivity contribution in [1.29, 1.82) is 0 Å². The Bertz CT molecular complexity index is 1660. The number of allylic oxidation sites excluding steroid dienone is 1. The van der Waals surface area contributed by atoms with Gasteiger partial charge in [0.2, 0.25) is 0 Å². The van der Waals surface area contributed by atoms with Gasteiger partial charge in [-0.2, -0.15) is 5.10 Å². The number of benzene rings is 3. The Morgan fingerprint density at radius 1 is 1.09 bits per heavy atom. The minimum atomic E-state index is -0.807. The highest BCUT2D eigenvalue weighted by atomic mass is 35.5. The maximum Gasteiger partial charge on any atom is 0.338 e. The predicted octanol–water partition coefficient (Wildman–Crippen LogP) is 5.44. The van der Waals surface area contributed by atoms with E-state index in [1.165, 1.54) is 31.5 Å². The number of nitrogens with zero attached hydrogens (tertiary/aromatic N) is 1. The van der Waals surface area contributed by atoms with Gasteiger partial charge in [-0.3, -0.25) is 4.79 Å². The lowest BCUT2D eigenvalue weighted by Crippen LogP contribution is -2.45. The van der Waals surface area contributed by atoms with Gasteiger partial charge in [-0.05, 0) is 49.7 Å². The Labute approximate surface area is 268 Å². The molecule has 3 amide bonds. The van der Waals surface area contributed by atoms with Crippen LogP contribution in [0.3, 0.4) is 0 Å². The molecule has 3 N–H and O–H groups in total. The van der Waals surface area contributed by atoms with Crippen molar-refractivity contribution in [2.24, 2.45) is 5.10 Å². The van der Waals surface area contributed by atoms with Crippen LogP contribution in [0.25, 0.3) is 0 Å². The highest BCUT2D eigenvalue weighted by Crippen LogP contribution is 2.35. The van der Waals surface area contributed by atoms with Crippen LogP contribution in [-0.4, -0.2) is 44.4 Å². The monoisotopic (exact) mass is 658 g/mol. The van der Waals surface area contributed by atoms with Crippen molar-refractivity contribution in [2.45, 2.75) is 26.5 Å². The molecule has 4 rings (SSSR count). The third kappa shape index (κ3) is 8.43. The fourth-order valence-electron chi connectivity index (χ4n) is 4.35. The molecule has 0 aliphatic carbocycles. The fraction of sp³-hybridized carbons (Fsp3) is 0.226. The summed E-state index contributed by atoms with van der Waals surface area (Å²) in [6.07, 6.45) is 1.28. The number of halogens is 3. The van der Waals surface area contributed by atoms with Gasteiger partial charge < -0.3 is 29.6 Å². The van der Waals surface area contributed by atoms with Crippen LogP contribution in [-0.2, 0) is 20.9 Å². The molecule has 0 fully saturated rings. The van der Waals surface area contributed by atoms with Gasteiger partial charge in [0.15, 0.2) is 18.1 Å². The van der Waals surface area contributed by atoms with Crippen LogP contribution in [0.15, 0.2) is 71.0 Å². The van der Waals surface area contributed by atoms with E-state index < -0.39 is 36.4 Å². The van der Waals surface area contributed by atoms with Crippen LogP contribution in [0.5, 0.6) is 17.2 Å². The average molecular weight is 659 g/mol. The highest BCUT2D eigenvalue weighted by molar-refractivity contribution is 6.36. The van der Waals surface area contributed by atoms with E-state index in [2.05, 4.69) is 21.2 Å². The zero-order valence-electron chi connectivity index (χ0n) is 24.4. The molecule has 1 heterocycles. The van der Waals surface area contributed by atoms with E-state index in [1.807, 2.05) is 0 Å². The van der Waals surface area contributed by atoms with Gasteiger partial charge in [-0.25, -0.2) is 19.4 Å². The Hall–Kier alpha value is -4.81. The maximum absolute atomic E-state index is 14.0. The van der Waals surface area contributed by atoms with Crippen molar-refractivity contribution in [1.82, 2.24) is 16.1 Å². The standard InChI is InChI=1S/C31H29Cl2FN4O7/c1-4-43-30(40)27-17(2)36-31(41)37-28(27)18-9-10-24(25(12-18)42-3)44-16-26(39)38-35-14-20-11-21(32)13-22(33)29(20)45-15-19-7-5-6-8-23(19)34/h5-14,28H,4,15-16H2,1-3H3,(H,38,39)(H2,36,37,41)/b35-14+/t28-/m0/s1.